The fourth-order valence-corrected chi connectivity index (χ4v) is 9.20. The molecule has 0 aliphatic heterocycles. The predicted molar refractivity (Wildman–Crippen MR) is 129 cm³/mol. The van der Waals surface area contributed by atoms with Gasteiger partial charge in [0.05, 0.1) is 4.92 Å². The summed E-state index contributed by atoms with van der Waals surface area (Å²) >= 11 is 6.51. The van der Waals surface area contributed by atoms with Gasteiger partial charge in [0.25, 0.3) is 0 Å². The van der Waals surface area contributed by atoms with Crippen molar-refractivity contribution in [1.29, 1.82) is 0 Å². The second-order valence-corrected chi connectivity index (χ2v) is 13.2. The molecule has 0 spiro atoms. The summed E-state index contributed by atoms with van der Waals surface area (Å²) in [6.07, 6.45) is 12.7. The van der Waals surface area contributed by atoms with Gasteiger partial charge >= 0.3 is 0 Å². The molecule has 0 amide bonds. The average molecular weight is 450 g/mol. The lowest BCUT2D eigenvalue weighted by Gasteiger charge is -2.58. The van der Waals surface area contributed by atoms with Gasteiger partial charge in [-0.3, -0.25) is 10.1 Å². The Bertz CT molecular complexity index is 733. The van der Waals surface area contributed by atoms with E-state index in [9.17, 15) is 10.1 Å². The van der Waals surface area contributed by atoms with Gasteiger partial charge in [0.1, 0.15) is 0 Å². The topological polar surface area (TPSA) is 43.1 Å². The highest BCUT2D eigenvalue weighted by atomic mass is 35.5. The minimum Gasteiger partial charge on any atom is -0.259 e. The van der Waals surface area contributed by atoms with Crippen LogP contribution in [0.25, 0.3) is 0 Å². The van der Waals surface area contributed by atoms with Crippen molar-refractivity contribution in [3.05, 3.63) is 21.4 Å². The zero-order valence-electron chi connectivity index (χ0n) is 20.5. The van der Waals surface area contributed by atoms with E-state index in [1.165, 1.54) is 44.9 Å². The molecule has 0 radical (unpaired) electrons. The first-order valence-electron chi connectivity index (χ1n) is 13.1. The molecule has 0 saturated heterocycles. The molecule has 4 aliphatic rings. The summed E-state index contributed by atoms with van der Waals surface area (Å²) in [7, 11) is 0. The summed E-state index contributed by atoms with van der Waals surface area (Å²) in [6, 6.07) is 0. The Labute approximate surface area is 194 Å². The van der Waals surface area contributed by atoms with E-state index in [1.807, 2.05) is 0 Å². The van der Waals surface area contributed by atoms with Crippen LogP contribution in [0.4, 0.5) is 0 Å². The summed E-state index contributed by atoms with van der Waals surface area (Å²) < 4.78 is 0. The van der Waals surface area contributed by atoms with Crippen LogP contribution in [0.3, 0.4) is 0 Å². The first-order chi connectivity index (χ1) is 14.6. The monoisotopic (exact) mass is 449 g/mol. The number of halogens is 1. The highest BCUT2D eigenvalue weighted by Gasteiger charge is 2.61. The van der Waals surface area contributed by atoms with Crippen molar-refractivity contribution in [2.45, 2.75) is 111 Å². The van der Waals surface area contributed by atoms with Crippen LogP contribution in [0.2, 0.25) is 0 Å². The molecule has 0 heterocycles. The van der Waals surface area contributed by atoms with Gasteiger partial charge in [0, 0.05) is 17.4 Å². The number of fused-ring (bicyclic) bond motifs is 5. The van der Waals surface area contributed by atoms with Crippen molar-refractivity contribution in [3.8, 4) is 0 Å². The fourth-order valence-electron chi connectivity index (χ4n) is 8.94. The summed E-state index contributed by atoms with van der Waals surface area (Å²) in [4.78, 5) is 12.1. The molecule has 176 valence electrons. The van der Waals surface area contributed by atoms with Gasteiger partial charge in [0.2, 0.25) is 5.70 Å². The van der Waals surface area contributed by atoms with E-state index < -0.39 is 0 Å². The lowest BCUT2D eigenvalue weighted by molar-refractivity contribution is -0.434. The lowest BCUT2D eigenvalue weighted by atomic mass is 9.46. The van der Waals surface area contributed by atoms with E-state index in [1.54, 1.807) is 0 Å². The zero-order valence-corrected chi connectivity index (χ0v) is 21.2. The van der Waals surface area contributed by atoms with Gasteiger partial charge in [0.15, 0.2) is 0 Å². The van der Waals surface area contributed by atoms with Crippen LogP contribution < -0.4 is 0 Å². The van der Waals surface area contributed by atoms with E-state index in [0.717, 1.165) is 42.6 Å². The molecule has 0 aromatic carbocycles. The molecule has 0 N–H and O–H groups in total. The predicted octanol–water partition coefficient (Wildman–Crippen LogP) is 8.24. The van der Waals surface area contributed by atoms with Crippen molar-refractivity contribution in [1.82, 2.24) is 0 Å². The molecule has 0 bridgehead atoms. The van der Waals surface area contributed by atoms with Gasteiger partial charge in [-0.25, -0.2) is 0 Å². The second kappa shape index (κ2) is 8.65. The molecule has 0 aromatic heterocycles. The van der Waals surface area contributed by atoms with Crippen molar-refractivity contribution in [3.63, 3.8) is 0 Å². The largest absolute Gasteiger partial charge is 0.259 e. The van der Waals surface area contributed by atoms with E-state index in [4.69, 9.17) is 11.6 Å². The minimum absolute atomic E-state index is 0.000985. The Hall–Kier alpha value is -0.570. The number of alkyl halides is 1. The highest BCUT2D eigenvalue weighted by Crippen LogP contribution is 2.68. The molecular formula is C27H44ClNO2. The van der Waals surface area contributed by atoms with Gasteiger partial charge < -0.3 is 0 Å². The Morgan fingerprint density at radius 3 is 2.45 bits per heavy atom. The molecule has 3 nitrogen and oxygen atoms in total. The molecular weight excluding hydrogens is 406 g/mol. The Morgan fingerprint density at radius 2 is 1.77 bits per heavy atom. The molecule has 8 unspecified atom stereocenters. The van der Waals surface area contributed by atoms with E-state index in [0.29, 0.717) is 35.3 Å². The van der Waals surface area contributed by atoms with E-state index in [-0.39, 0.29) is 15.7 Å². The van der Waals surface area contributed by atoms with Crippen LogP contribution in [-0.2, 0) is 0 Å². The second-order valence-electron chi connectivity index (χ2n) is 12.6. The van der Waals surface area contributed by atoms with Gasteiger partial charge in [-0.2, -0.15) is 0 Å². The smallest absolute Gasteiger partial charge is 0.246 e. The van der Waals surface area contributed by atoms with E-state index in [2.05, 4.69) is 34.6 Å². The molecule has 3 saturated carbocycles. The van der Waals surface area contributed by atoms with Gasteiger partial charge in [-0.1, -0.05) is 53.9 Å². The molecule has 0 aromatic rings. The normalized spacial score (nSPS) is 43.4. The van der Waals surface area contributed by atoms with Crippen molar-refractivity contribution in [2.24, 2.45) is 46.3 Å². The molecule has 4 heteroatoms. The molecule has 3 fully saturated rings. The maximum Gasteiger partial charge on any atom is 0.246 e. The SMILES string of the molecule is CC(C)CCCC(C)C1CCC2C3CC([N+](=O)[O-])=C4CC(Cl)CCC4(C)C3CCC12C. The standard InChI is InChI=1S/C27H44ClNO2/c1-17(2)7-6-8-18(3)21-9-10-22-20-16-25(29(30)31)24-15-19(28)11-13-27(24,5)23(20)12-14-26(21,22)4/h17-23H,6-16H2,1-5H3. The van der Waals surface area contributed by atoms with Crippen molar-refractivity contribution in [2.75, 3.05) is 0 Å². The van der Waals surface area contributed by atoms with Gasteiger partial charge in [-0.05, 0) is 91.3 Å². The minimum atomic E-state index is -0.0361. The highest BCUT2D eigenvalue weighted by molar-refractivity contribution is 6.20. The average Bonchev–Trinajstić information content (AvgIpc) is 3.05. The number of hydrogen-bond donors (Lipinski definition) is 0. The number of rotatable bonds is 6. The van der Waals surface area contributed by atoms with Crippen molar-refractivity contribution >= 4 is 11.6 Å². The molecule has 31 heavy (non-hydrogen) atoms. The third-order valence-electron chi connectivity index (χ3n) is 10.5. The summed E-state index contributed by atoms with van der Waals surface area (Å²) in [5.41, 5.74) is 2.04. The molecule has 4 rings (SSSR count). The van der Waals surface area contributed by atoms with Crippen molar-refractivity contribution < 1.29 is 4.92 Å². The third kappa shape index (κ3) is 4.00. The Morgan fingerprint density at radius 1 is 1.03 bits per heavy atom. The van der Waals surface area contributed by atoms with Crippen LogP contribution in [0.15, 0.2) is 11.3 Å². The Kier molecular flexibility index (Phi) is 6.58. The number of allylic oxidation sites excluding steroid dienone is 2. The first-order valence-corrected chi connectivity index (χ1v) is 13.5. The Balaban J connectivity index is 1.59. The quantitative estimate of drug-likeness (QED) is 0.232. The van der Waals surface area contributed by atoms with Crippen LogP contribution in [0.5, 0.6) is 0 Å². The maximum absolute atomic E-state index is 12.2. The van der Waals surface area contributed by atoms with E-state index >= 15 is 0 Å². The van der Waals surface area contributed by atoms with Crippen LogP contribution in [0.1, 0.15) is 105 Å². The number of nitrogens with zero attached hydrogens (tertiary/aromatic N) is 1. The summed E-state index contributed by atoms with van der Waals surface area (Å²) in [6.45, 7) is 12.1. The molecule has 4 aliphatic carbocycles. The zero-order chi connectivity index (χ0) is 22.6. The number of nitro groups is 1. The number of hydrogen-bond acceptors (Lipinski definition) is 2. The first kappa shape index (κ1) is 23.6. The van der Waals surface area contributed by atoms with Crippen LogP contribution >= 0.6 is 11.6 Å². The van der Waals surface area contributed by atoms with Crippen LogP contribution in [0, 0.1) is 56.5 Å². The maximum atomic E-state index is 12.2. The van der Waals surface area contributed by atoms with Crippen LogP contribution in [-0.4, -0.2) is 10.3 Å². The third-order valence-corrected chi connectivity index (χ3v) is 10.9. The lowest BCUT2D eigenvalue weighted by Crippen LogP contribution is -2.52. The summed E-state index contributed by atoms with van der Waals surface area (Å²) in [5, 5.41) is 12.2. The molecule has 8 atom stereocenters. The fraction of sp³-hybridized carbons (Fsp3) is 0.926. The summed E-state index contributed by atoms with van der Waals surface area (Å²) in [5.74, 6) is 4.13. The van der Waals surface area contributed by atoms with Gasteiger partial charge in [-0.15, -0.1) is 11.6 Å².